The van der Waals surface area contributed by atoms with E-state index in [0.29, 0.717) is 0 Å². The highest BCUT2D eigenvalue weighted by Crippen LogP contribution is 2.48. The molecule has 0 amide bonds. The van der Waals surface area contributed by atoms with Crippen LogP contribution in [0, 0.1) is 0 Å². The Morgan fingerprint density at radius 2 is 1.83 bits per heavy atom. The van der Waals surface area contributed by atoms with Crippen LogP contribution in [0.4, 0.5) is 0 Å². The molecule has 1 aliphatic heterocycles. The van der Waals surface area contributed by atoms with Crippen LogP contribution < -0.4 is 0 Å². The molecule has 0 bridgehead atoms. The highest BCUT2D eigenvalue weighted by Gasteiger charge is 2.54. The summed E-state index contributed by atoms with van der Waals surface area (Å²) in [6, 6.07) is 8.47. The number of hydrogen-bond acceptors (Lipinski definition) is 3. The molecule has 3 rings (SSSR count). The molecule has 1 unspecified atom stereocenters. The minimum atomic E-state index is -0.397. The van der Waals surface area contributed by atoms with E-state index in [1.807, 2.05) is 6.82 Å². The zero-order chi connectivity index (χ0) is 13.0. The van der Waals surface area contributed by atoms with Gasteiger partial charge in [0, 0.05) is 10.3 Å². The fourth-order valence-corrected chi connectivity index (χ4v) is 3.82. The molecule has 1 saturated heterocycles. The normalized spacial score (nSPS) is 27.0. The van der Waals surface area contributed by atoms with E-state index >= 15 is 0 Å². The molecule has 0 saturated carbocycles. The molecule has 1 aromatic heterocycles. The summed E-state index contributed by atoms with van der Waals surface area (Å²) >= 11 is 1.77. The van der Waals surface area contributed by atoms with Crippen molar-refractivity contribution in [2.24, 2.45) is 0 Å². The van der Waals surface area contributed by atoms with Gasteiger partial charge in [-0.05, 0) is 44.4 Å². The van der Waals surface area contributed by atoms with E-state index < -0.39 is 5.60 Å². The maximum Gasteiger partial charge on any atom is 0.454 e. The summed E-state index contributed by atoms with van der Waals surface area (Å²) < 4.78 is 13.3. The van der Waals surface area contributed by atoms with Crippen LogP contribution in [0.3, 0.4) is 0 Å². The second kappa shape index (κ2) is 3.83. The molecule has 2 aromatic rings. The molecule has 1 aromatic carbocycles. The molecule has 1 aliphatic rings. The van der Waals surface area contributed by atoms with Crippen molar-refractivity contribution in [3.8, 4) is 0 Å². The van der Waals surface area contributed by atoms with Crippen LogP contribution in [0.15, 0.2) is 29.6 Å². The first kappa shape index (κ1) is 12.2. The Labute approximate surface area is 112 Å². The largest absolute Gasteiger partial charge is 0.454 e. The first-order chi connectivity index (χ1) is 8.44. The summed E-state index contributed by atoms with van der Waals surface area (Å²) in [4.78, 5) is 0. The lowest BCUT2D eigenvalue weighted by Gasteiger charge is -2.36. The van der Waals surface area contributed by atoms with E-state index in [4.69, 9.17) is 9.31 Å². The van der Waals surface area contributed by atoms with Gasteiger partial charge in [0.2, 0.25) is 0 Å². The summed E-state index contributed by atoms with van der Waals surface area (Å²) in [6.45, 7) is 8.29. The topological polar surface area (TPSA) is 18.5 Å². The van der Waals surface area contributed by atoms with Crippen molar-refractivity contribution < 1.29 is 9.31 Å². The Bertz CT molecular complexity index is 592. The molecule has 0 radical (unpaired) electrons. The van der Waals surface area contributed by atoms with Crippen LogP contribution in [0.1, 0.15) is 26.3 Å². The maximum absolute atomic E-state index is 6.10. The molecule has 2 heterocycles. The fraction of sp³-hybridized carbons (Fsp3) is 0.429. The van der Waals surface area contributed by atoms with Gasteiger partial charge >= 0.3 is 7.12 Å². The van der Waals surface area contributed by atoms with Gasteiger partial charge in [0.15, 0.2) is 0 Å². The molecule has 94 valence electrons. The van der Waals surface area contributed by atoms with Crippen LogP contribution in [0.5, 0.6) is 0 Å². The summed E-state index contributed by atoms with van der Waals surface area (Å²) in [5.74, 6) is 0. The third-order valence-corrected chi connectivity index (χ3v) is 4.97. The molecule has 1 fully saturated rings. The average Bonchev–Trinajstić information content (AvgIpc) is 2.79. The lowest BCUT2D eigenvalue weighted by molar-refractivity contribution is -0.0119. The van der Waals surface area contributed by atoms with E-state index in [0.717, 1.165) is 0 Å². The number of fused-ring (bicyclic) bond motifs is 1. The Hall–Kier alpha value is -0.835. The van der Waals surface area contributed by atoms with Crippen LogP contribution in [-0.2, 0) is 14.9 Å². The summed E-state index contributed by atoms with van der Waals surface area (Å²) in [5, 5.41) is 3.48. The Balaban J connectivity index is 2.20. The van der Waals surface area contributed by atoms with Crippen molar-refractivity contribution in [3.05, 3.63) is 35.2 Å². The second-order valence-electron chi connectivity index (χ2n) is 5.49. The number of hydrogen-bond donors (Lipinski definition) is 0. The van der Waals surface area contributed by atoms with Crippen LogP contribution >= 0.6 is 11.3 Å². The standard InChI is InChI=1S/C14H17BO2S/c1-13(2)14(3,17-15(4)16-13)11-9-18-12-8-6-5-7-10(11)12/h5-9H,1-4H3. The summed E-state index contributed by atoms with van der Waals surface area (Å²) in [6.07, 6.45) is 0. The van der Waals surface area contributed by atoms with Crippen LogP contribution in [0.2, 0.25) is 6.82 Å². The number of benzene rings is 1. The molecule has 2 nitrogen and oxygen atoms in total. The van der Waals surface area contributed by atoms with E-state index in [1.54, 1.807) is 11.3 Å². The predicted molar refractivity (Wildman–Crippen MR) is 77.0 cm³/mol. The lowest BCUT2D eigenvalue weighted by atomic mass is 9.81. The Kier molecular flexibility index (Phi) is 2.60. The van der Waals surface area contributed by atoms with Crippen molar-refractivity contribution in [1.82, 2.24) is 0 Å². The first-order valence-corrected chi connectivity index (χ1v) is 7.14. The predicted octanol–water partition coefficient (Wildman–Crippen LogP) is 4.06. The minimum Gasteiger partial charge on any atom is -0.403 e. The van der Waals surface area contributed by atoms with Crippen molar-refractivity contribution in [2.45, 2.75) is 38.8 Å². The maximum atomic E-state index is 6.10. The van der Waals surface area contributed by atoms with Gasteiger partial charge in [-0.15, -0.1) is 11.3 Å². The quantitative estimate of drug-likeness (QED) is 0.720. The molecule has 0 aliphatic carbocycles. The second-order valence-corrected chi connectivity index (χ2v) is 6.40. The van der Waals surface area contributed by atoms with Crippen molar-refractivity contribution in [1.29, 1.82) is 0 Å². The zero-order valence-corrected chi connectivity index (χ0v) is 12.0. The molecule has 1 atom stereocenters. The lowest BCUT2D eigenvalue weighted by Crippen LogP contribution is -2.41. The van der Waals surface area contributed by atoms with Crippen LogP contribution in [-0.4, -0.2) is 12.7 Å². The zero-order valence-electron chi connectivity index (χ0n) is 11.2. The summed E-state index contributed by atoms with van der Waals surface area (Å²) in [5.41, 5.74) is 0.514. The molecular formula is C14H17BO2S. The monoisotopic (exact) mass is 260 g/mol. The van der Waals surface area contributed by atoms with Gasteiger partial charge in [0.25, 0.3) is 0 Å². The van der Waals surface area contributed by atoms with Crippen LogP contribution in [0.25, 0.3) is 10.1 Å². The minimum absolute atomic E-state index is 0.163. The van der Waals surface area contributed by atoms with Crippen molar-refractivity contribution >= 4 is 28.5 Å². The van der Waals surface area contributed by atoms with Gasteiger partial charge in [-0.25, -0.2) is 0 Å². The third kappa shape index (κ3) is 1.56. The van der Waals surface area contributed by atoms with Gasteiger partial charge in [-0.2, -0.15) is 0 Å². The summed E-state index contributed by atoms with van der Waals surface area (Å²) in [7, 11) is -0.163. The number of rotatable bonds is 1. The van der Waals surface area contributed by atoms with Crippen molar-refractivity contribution in [3.63, 3.8) is 0 Å². The van der Waals surface area contributed by atoms with Crippen molar-refractivity contribution in [2.75, 3.05) is 0 Å². The first-order valence-electron chi connectivity index (χ1n) is 6.26. The van der Waals surface area contributed by atoms with E-state index in [-0.39, 0.29) is 12.7 Å². The van der Waals surface area contributed by atoms with E-state index in [2.05, 4.69) is 50.4 Å². The van der Waals surface area contributed by atoms with Gasteiger partial charge in [-0.3, -0.25) is 0 Å². The van der Waals surface area contributed by atoms with Gasteiger partial charge in [0.1, 0.15) is 5.60 Å². The molecule has 4 heteroatoms. The molecule has 18 heavy (non-hydrogen) atoms. The SMILES string of the molecule is CB1OC(C)(C)C(C)(c2csc3ccccc23)O1. The molecule has 0 N–H and O–H groups in total. The third-order valence-electron chi connectivity index (χ3n) is 4.01. The van der Waals surface area contributed by atoms with E-state index in [9.17, 15) is 0 Å². The van der Waals surface area contributed by atoms with Gasteiger partial charge in [-0.1, -0.05) is 18.2 Å². The highest BCUT2D eigenvalue weighted by molar-refractivity contribution is 7.17. The number of thiophene rings is 1. The van der Waals surface area contributed by atoms with E-state index in [1.165, 1.54) is 15.6 Å². The smallest absolute Gasteiger partial charge is 0.403 e. The molecule has 0 spiro atoms. The Morgan fingerprint density at radius 3 is 2.50 bits per heavy atom. The van der Waals surface area contributed by atoms with Gasteiger partial charge in [0.05, 0.1) is 5.60 Å². The van der Waals surface area contributed by atoms with Gasteiger partial charge < -0.3 is 9.31 Å². The average molecular weight is 260 g/mol. The highest BCUT2D eigenvalue weighted by atomic mass is 32.1. The molecular weight excluding hydrogens is 243 g/mol. The fourth-order valence-electron chi connectivity index (χ4n) is 2.76. The Morgan fingerprint density at radius 1 is 1.11 bits per heavy atom.